The molecule has 0 fully saturated rings. The molecule has 0 unspecified atom stereocenters. The number of pyridine rings is 1. The van der Waals surface area contributed by atoms with Crippen LogP contribution >= 0.6 is 0 Å². The number of hydrogen-bond donors (Lipinski definition) is 2. The van der Waals surface area contributed by atoms with E-state index in [0.29, 0.717) is 12.6 Å². The summed E-state index contributed by atoms with van der Waals surface area (Å²) >= 11 is 0. The maximum atomic E-state index is 9.02. The molecule has 0 saturated carbocycles. The Morgan fingerprint density at radius 2 is 2.31 bits per heavy atom. The normalized spacial score (nSPS) is 10.8. The molecule has 13 heavy (non-hydrogen) atoms. The molecule has 3 heteroatoms. The molecular formula is C10H16N2O. The zero-order valence-corrected chi connectivity index (χ0v) is 8.12. The smallest absolute Gasteiger partial charge is 0.0700 e. The quantitative estimate of drug-likeness (QED) is 0.728. The van der Waals surface area contributed by atoms with Gasteiger partial charge in [-0.15, -0.1) is 0 Å². The number of nitrogens with zero attached hydrogens (tertiary/aromatic N) is 1. The Balaban J connectivity index is 2.64. The Morgan fingerprint density at radius 1 is 1.54 bits per heavy atom. The lowest BCUT2D eigenvalue weighted by Gasteiger charge is -2.09. The van der Waals surface area contributed by atoms with Crippen molar-refractivity contribution in [2.24, 2.45) is 0 Å². The molecule has 0 atom stereocenters. The van der Waals surface area contributed by atoms with Crippen LogP contribution in [0.4, 0.5) is 0 Å². The van der Waals surface area contributed by atoms with Crippen LogP contribution in [0.15, 0.2) is 18.3 Å². The molecule has 1 rings (SSSR count). The molecule has 1 heterocycles. The first-order valence-corrected chi connectivity index (χ1v) is 4.51. The van der Waals surface area contributed by atoms with Gasteiger partial charge in [0.15, 0.2) is 0 Å². The van der Waals surface area contributed by atoms with Crippen LogP contribution in [-0.2, 0) is 13.2 Å². The molecule has 0 saturated heterocycles. The zero-order chi connectivity index (χ0) is 9.68. The molecule has 0 bridgehead atoms. The van der Waals surface area contributed by atoms with Crippen molar-refractivity contribution in [2.75, 3.05) is 0 Å². The van der Waals surface area contributed by atoms with Crippen molar-refractivity contribution in [1.82, 2.24) is 10.3 Å². The molecule has 0 aliphatic rings. The summed E-state index contributed by atoms with van der Waals surface area (Å²) in [6.07, 6.45) is 1.75. The molecule has 0 aromatic carbocycles. The lowest BCUT2D eigenvalue weighted by atomic mass is 10.2. The van der Waals surface area contributed by atoms with Crippen molar-refractivity contribution in [3.63, 3.8) is 0 Å². The van der Waals surface area contributed by atoms with E-state index in [1.165, 1.54) is 0 Å². The Morgan fingerprint density at radius 3 is 2.92 bits per heavy atom. The predicted octanol–water partition coefficient (Wildman–Crippen LogP) is 1.07. The molecule has 3 nitrogen and oxygen atoms in total. The number of aliphatic hydroxyl groups is 1. The van der Waals surface area contributed by atoms with Crippen LogP contribution in [0.5, 0.6) is 0 Å². The Kier molecular flexibility index (Phi) is 3.86. The van der Waals surface area contributed by atoms with E-state index in [1.807, 2.05) is 12.1 Å². The maximum absolute atomic E-state index is 9.02. The van der Waals surface area contributed by atoms with E-state index in [-0.39, 0.29) is 6.61 Å². The number of nitrogens with one attached hydrogen (secondary N) is 1. The lowest BCUT2D eigenvalue weighted by molar-refractivity contribution is 0.279. The zero-order valence-electron chi connectivity index (χ0n) is 8.12. The fraction of sp³-hybridized carbons (Fsp3) is 0.500. The number of aliphatic hydroxyl groups excluding tert-OH is 1. The topological polar surface area (TPSA) is 45.2 Å². The molecule has 0 spiro atoms. The number of aromatic nitrogens is 1. The average Bonchev–Trinajstić information content (AvgIpc) is 2.15. The SMILES string of the molecule is CC(C)NCc1ncccc1CO. The van der Waals surface area contributed by atoms with Crippen LogP contribution in [0.1, 0.15) is 25.1 Å². The van der Waals surface area contributed by atoms with Gasteiger partial charge in [0.25, 0.3) is 0 Å². The highest BCUT2D eigenvalue weighted by Gasteiger charge is 2.01. The molecule has 1 aromatic rings. The summed E-state index contributed by atoms with van der Waals surface area (Å²) in [4.78, 5) is 4.20. The number of rotatable bonds is 4. The highest BCUT2D eigenvalue weighted by molar-refractivity contribution is 5.18. The average molecular weight is 180 g/mol. The van der Waals surface area contributed by atoms with Crippen molar-refractivity contribution in [3.05, 3.63) is 29.6 Å². The molecule has 0 amide bonds. The van der Waals surface area contributed by atoms with Gasteiger partial charge in [-0.25, -0.2) is 0 Å². The third kappa shape index (κ3) is 3.13. The van der Waals surface area contributed by atoms with Gasteiger partial charge in [0, 0.05) is 24.3 Å². The molecule has 0 radical (unpaired) electrons. The van der Waals surface area contributed by atoms with Gasteiger partial charge in [-0.2, -0.15) is 0 Å². The van der Waals surface area contributed by atoms with E-state index in [0.717, 1.165) is 11.3 Å². The standard InChI is InChI=1S/C10H16N2O/c1-8(2)12-6-10-9(7-13)4-3-5-11-10/h3-5,8,12-13H,6-7H2,1-2H3. The van der Waals surface area contributed by atoms with E-state index in [2.05, 4.69) is 24.1 Å². The Bertz CT molecular complexity index is 261. The summed E-state index contributed by atoms with van der Waals surface area (Å²) < 4.78 is 0. The molecular weight excluding hydrogens is 164 g/mol. The van der Waals surface area contributed by atoms with Crippen LogP contribution in [-0.4, -0.2) is 16.1 Å². The van der Waals surface area contributed by atoms with Crippen molar-refractivity contribution in [3.8, 4) is 0 Å². The van der Waals surface area contributed by atoms with Crippen molar-refractivity contribution >= 4 is 0 Å². The van der Waals surface area contributed by atoms with Gasteiger partial charge < -0.3 is 10.4 Å². The first-order valence-electron chi connectivity index (χ1n) is 4.51. The van der Waals surface area contributed by atoms with Crippen molar-refractivity contribution in [2.45, 2.75) is 33.0 Å². The second-order valence-corrected chi connectivity index (χ2v) is 3.30. The van der Waals surface area contributed by atoms with Gasteiger partial charge in [0.2, 0.25) is 0 Å². The first kappa shape index (κ1) is 10.2. The molecule has 72 valence electrons. The van der Waals surface area contributed by atoms with Gasteiger partial charge in [0.05, 0.1) is 12.3 Å². The fourth-order valence-electron chi connectivity index (χ4n) is 1.08. The molecule has 1 aromatic heterocycles. The monoisotopic (exact) mass is 180 g/mol. The summed E-state index contributed by atoms with van der Waals surface area (Å²) in [5, 5.41) is 12.3. The second kappa shape index (κ2) is 4.94. The largest absolute Gasteiger partial charge is 0.392 e. The first-order chi connectivity index (χ1) is 6.24. The predicted molar refractivity (Wildman–Crippen MR) is 52.1 cm³/mol. The second-order valence-electron chi connectivity index (χ2n) is 3.30. The minimum atomic E-state index is 0.0585. The summed E-state index contributed by atoms with van der Waals surface area (Å²) in [5.41, 5.74) is 1.83. The van der Waals surface area contributed by atoms with Gasteiger partial charge >= 0.3 is 0 Å². The van der Waals surface area contributed by atoms with Gasteiger partial charge in [0.1, 0.15) is 0 Å². The molecule has 0 aliphatic carbocycles. The van der Waals surface area contributed by atoms with Gasteiger partial charge in [-0.05, 0) is 6.07 Å². The summed E-state index contributed by atoms with van der Waals surface area (Å²) in [7, 11) is 0. The van der Waals surface area contributed by atoms with E-state index in [4.69, 9.17) is 5.11 Å². The van der Waals surface area contributed by atoms with Crippen LogP contribution in [0.25, 0.3) is 0 Å². The van der Waals surface area contributed by atoms with Crippen molar-refractivity contribution < 1.29 is 5.11 Å². The maximum Gasteiger partial charge on any atom is 0.0700 e. The van der Waals surface area contributed by atoms with Crippen LogP contribution in [0, 0.1) is 0 Å². The third-order valence-corrected chi connectivity index (χ3v) is 1.83. The number of hydrogen-bond acceptors (Lipinski definition) is 3. The van der Waals surface area contributed by atoms with E-state index >= 15 is 0 Å². The Labute approximate surface area is 78.8 Å². The minimum Gasteiger partial charge on any atom is -0.392 e. The lowest BCUT2D eigenvalue weighted by Crippen LogP contribution is -2.23. The molecule has 2 N–H and O–H groups in total. The van der Waals surface area contributed by atoms with E-state index < -0.39 is 0 Å². The van der Waals surface area contributed by atoms with E-state index in [9.17, 15) is 0 Å². The van der Waals surface area contributed by atoms with E-state index in [1.54, 1.807) is 6.20 Å². The third-order valence-electron chi connectivity index (χ3n) is 1.83. The summed E-state index contributed by atoms with van der Waals surface area (Å²) in [6.45, 7) is 4.94. The van der Waals surface area contributed by atoms with Crippen LogP contribution in [0.2, 0.25) is 0 Å². The van der Waals surface area contributed by atoms with Crippen LogP contribution < -0.4 is 5.32 Å². The van der Waals surface area contributed by atoms with Crippen molar-refractivity contribution in [1.29, 1.82) is 0 Å². The summed E-state index contributed by atoms with van der Waals surface area (Å²) in [6, 6.07) is 4.17. The highest BCUT2D eigenvalue weighted by atomic mass is 16.3. The minimum absolute atomic E-state index is 0.0585. The molecule has 0 aliphatic heterocycles. The summed E-state index contributed by atoms with van der Waals surface area (Å²) in [5.74, 6) is 0. The Hall–Kier alpha value is -0.930. The van der Waals surface area contributed by atoms with Gasteiger partial charge in [-0.1, -0.05) is 19.9 Å². The highest BCUT2D eigenvalue weighted by Crippen LogP contribution is 2.04. The van der Waals surface area contributed by atoms with Gasteiger partial charge in [-0.3, -0.25) is 4.98 Å². The fourth-order valence-corrected chi connectivity index (χ4v) is 1.08. The van der Waals surface area contributed by atoms with Crippen LogP contribution in [0.3, 0.4) is 0 Å².